The van der Waals surface area contributed by atoms with Gasteiger partial charge in [-0.05, 0) is 31.0 Å². The number of hydrogen-bond donors (Lipinski definition) is 1. The third-order valence-corrected chi connectivity index (χ3v) is 3.36. The van der Waals surface area contributed by atoms with Crippen molar-refractivity contribution in [3.05, 3.63) is 33.8 Å². The molecule has 92 valence electrons. The number of benzene rings is 1. The molecule has 3 nitrogen and oxygen atoms in total. The van der Waals surface area contributed by atoms with Crippen LogP contribution in [0.25, 0.3) is 0 Å². The van der Waals surface area contributed by atoms with E-state index >= 15 is 0 Å². The largest absolute Gasteiger partial charge is 0.276 e. The first-order valence-corrected chi connectivity index (χ1v) is 6.33. The zero-order chi connectivity index (χ0) is 12.3. The smallest absolute Gasteiger partial charge is 0.270 e. The van der Waals surface area contributed by atoms with Crippen LogP contribution in [0.4, 0.5) is 0 Å². The fourth-order valence-corrected chi connectivity index (χ4v) is 2.25. The Hall–Kier alpha value is -0.770. The van der Waals surface area contributed by atoms with E-state index in [0.29, 0.717) is 15.6 Å². The summed E-state index contributed by atoms with van der Waals surface area (Å²) in [5.41, 5.74) is 2.76. The van der Waals surface area contributed by atoms with Crippen LogP contribution in [0.2, 0.25) is 10.0 Å². The summed E-state index contributed by atoms with van der Waals surface area (Å²) < 4.78 is 0. The highest BCUT2D eigenvalue weighted by Crippen LogP contribution is 2.22. The molecule has 17 heavy (non-hydrogen) atoms. The van der Waals surface area contributed by atoms with Gasteiger partial charge >= 0.3 is 0 Å². The minimum Gasteiger partial charge on any atom is -0.270 e. The lowest BCUT2D eigenvalue weighted by Crippen LogP contribution is -2.28. The van der Waals surface area contributed by atoms with Gasteiger partial charge in [-0.3, -0.25) is 9.63 Å². The maximum absolute atomic E-state index is 11.8. The van der Waals surface area contributed by atoms with Gasteiger partial charge in [0.1, 0.15) is 0 Å². The second-order valence-corrected chi connectivity index (χ2v) is 4.92. The third kappa shape index (κ3) is 3.35. The molecule has 0 saturated heterocycles. The van der Waals surface area contributed by atoms with E-state index in [4.69, 9.17) is 28.0 Å². The molecule has 1 saturated carbocycles. The van der Waals surface area contributed by atoms with Gasteiger partial charge in [-0.1, -0.05) is 36.0 Å². The molecule has 0 aromatic heterocycles. The molecule has 1 aliphatic rings. The monoisotopic (exact) mass is 273 g/mol. The topological polar surface area (TPSA) is 38.3 Å². The van der Waals surface area contributed by atoms with E-state index in [1.807, 2.05) is 0 Å². The first-order chi connectivity index (χ1) is 8.16. The number of halogens is 2. The van der Waals surface area contributed by atoms with Gasteiger partial charge in [0, 0.05) is 5.02 Å². The fraction of sp³-hybridized carbons (Fsp3) is 0.417. The minimum atomic E-state index is -0.357. The predicted molar refractivity (Wildman–Crippen MR) is 67.3 cm³/mol. The Morgan fingerprint density at radius 3 is 2.71 bits per heavy atom. The second kappa shape index (κ2) is 5.71. The quantitative estimate of drug-likeness (QED) is 0.855. The molecule has 0 atom stereocenters. The van der Waals surface area contributed by atoms with Crippen LogP contribution in [0.1, 0.15) is 36.0 Å². The highest BCUT2D eigenvalue weighted by molar-refractivity contribution is 6.35. The SMILES string of the molecule is O=C(NOC1CCCC1)c1cc(Cl)ccc1Cl. The van der Waals surface area contributed by atoms with Crippen molar-refractivity contribution >= 4 is 29.1 Å². The zero-order valence-corrected chi connectivity index (χ0v) is 10.7. The molecule has 0 bridgehead atoms. The van der Waals surface area contributed by atoms with Crippen molar-refractivity contribution in [2.75, 3.05) is 0 Å². The van der Waals surface area contributed by atoms with Gasteiger partial charge in [0.05, 0.1) is 16.7 Å². The average Bonchev–Trinajstić information content (AvgIpc) is 2.82. The second-order valence-electron chi connectivity index (χ2n) is 4.08. The van der Waals surface area contributed by atoms with Crippen LogP contribution in [-0.4, -0.2) is 12.0 Å². The summed E-state index contributed by atoms with van der Waals surface area (Å²) in [5.74, 6) is -0.357. The van der Waals surface area contributed by atoms with Crippen molar-refractivity contribution in [3.63, 3.8) is 0 Å². The molecule has 1 amide bonds. The van der Waals surface area contributed by atoms with E-state index in [1.165, 1.54) is 6.07 Å². The number of hydroxylamine groups is 1. The third-order valence-electron chi connectivity index (χ3n) is 2.79. The highest BCUT2D eigenvalue weighted by Gasteiger charge is 2.18. The van der Waals surface area contributed by atoms with Crippen LogP contribution in [0.3, 0.4) is 0 Å². The van der Waals surface area contributed by atoms with Crippen LogP contribution >= 0.6 is 23.2 Å². The molecular weight excluding hydrogens is 261 g/mol. The molecule has 2 rings (SSSR count). The first kappa shape index (κ1) is 12.7. The summed E-state index contributed by atoms with van der Waals surface area (Å²) in [7, 11) is 0. The molecule has 1 aromatic carbocycles. The number of amides is 1. The van der Waals surface area contributed by atoms with Gasteiger partial charge < -0.3 is 0 Å². The minimum absolute atomic E-state index is 0.122. The Kier molecular flexibility index (Phi) is 4.26. The van der Waals surface area contributed by atoms with Crippen LogP contribution in [0.15, 0.2) is 18.2 Å². The summed E-state index contributed by atoms with van der Waals surface area (Å²) in [6.45, 7) is 0. The number of carbonyl (C=O) groups is 1. The average molecular weight is 274 g/mol. The highest BCUT2D eigenvalue weighted by atomic mass is 35.5. The van der Waals surface area contributed by atoms with Crippen molar-refractivity contribution in [2.24, 2.45) is 0 Å². The molecule has 1 fully saturated rings. The molecule has 0 aliphatic heterocycles. The molecular formula is C12H13Cl2NO2. The first-order valence-electron chi connectivity index (χ1n) is 5.58. The van der Waals surface area contributed by atoms with Gasteiger partial charge in [0.15, 0.2) is 0 Å². The Labute approximate surface area is 110 Å². The van der Waals surface area contributed by atoms with Crippen molar-refractivity contribution in [1.29, 1.82) is 0 Å². The van der Waals surface area contributed by atoms with Crippen molar-refractivity contribution in [2.45, 2.75) is 31.8 Å². The number of rotatable bonds is 3. The maximum atomic E-state index is 11.8. The predicted octanol–water partition coefficient (Wildman–Crippen LogP) is 3.60. The Morgan fingerprint density at radius 2 is 2.00 bits per heavy atom. The van der Waals surface area contributed by atoms with Gasteiger partial charge in [-0.15, -0.1) is 0 Å². The zero-order valence-electron chi connectivity index (χ0n) is 9.21. The molecule has 1 aromatic rings. The lowest BCUT2D eigenvalue weighted by Gasteiger charge is -2.12. The molecule has 1 N–H and O–H groups in total. The van der Waals surface area contributed by atoms with E-state index < -0.39 is 0 Å². The van der Waals surface area contributed by atoms with Crippen molar-refractivity contribution in [1.82, 2.24) is 5.48 Å². The summed E-state index contributed by atoms with van der Waals surface area (Å²) in [5, 5.41) is 0.835. The molecule has 0 spiro atoms. The van der Waals surface area contributed by atoms with Crippen LogP contribution in [0.5, 0.6) is 0 Å². The fourth-order valence-electron chi connectivity index (χ4n) is 1.87. The van der Waals surface area contributed by atoms with Crippen molar-refractivity contribution < 1.29 is 9.63 Å². The number of nitrogens with one attached hydrogen (secondary N) is 1. The normalized spacial score (nSPS) is 16.1. The summed E-state index contributed by atoms with van der Waals surface area (Å²) in [6.07, 6.45) is 4.40. The van der Waals surface area contributed by atoms with Gasteiger partial charge in [0.2, 0.25) is 0 Å². The van der Waals surface area contributed by atoms with Crippen LogP contribution < -0.4 is 5.48 Å². The summed E-state index contributed by atoms with van der Waals surface area (Å²) >= 11 is 11.7. The summed E-state index contributed by atoms with van der Waals surface area (Å²) in [4.78, 5) is 17.1. The molecule has 5 heteroatoms. The number of carbonyl (C=O) groups excluding carboxylic acids is 1. The molecule has 0 unspecified atom stereocenters. The Balaban J connectivity index is 1.96. The molecule has 0 heterocycles. The maximum Gasteiger partial charge on any atom is 0.276 e. The molecule has 1 aliphatic carbocycles. The summed E-state index contributed by atoms with van der Waals surface area (Å²) in [6, 6.07) is 4.75. The van der Waals surface area contributed by atoms with E-state index in [9.17, 15) is 4.79 Å². The molecule has 0 radical (unpaired) electrons. The van der Waals surface area contributed by atoms with Gasteiger partial charge in [0.25, 0.3) is 5.91 Å². The van der Waals surface area contributed by atoms with Gasteiger partial charge in [-0.25, -0.2) is 5.48 Å². The van der Waals surface area contributed by atoms with E-state index in [0.717, 1.165) is 25.7 Å². The lowest BCUT2D eigenvalue weighted by molar-refractivity contribution is -0.0124. The number of hydrogen-bond acceptors (Lipinski definition) is 2. The standard InChI is InChI=1S/C12H13Cl2NO2/c13-8-5-6-11(14)10(7-8)12(16)15-17-9-3-1-2-4-9/h5-7,9H,1-4H2,(H,15,16). The van der Waals surface area contributed by atoms with E-state index in [1.54, 1.807) is 12.1 Å². The van der Waals surface area contributed by atoms with Gasteiger partial charge in [-0.2, -0.15) is 0 Å². The van der Waals surface area contributed by atoms with Crippen LogP contribution in [-0.2, 0) is 4.84 Å². The van der Waals surface area contributed by atoms with Crippen molar-refractivity contribution in [3.8, 4) is 0 Å². The van der Waals surface area contributed by atoms with E-state index in [2.05, 4.69) is 5.48 Å². The van der Waals surface area contributed by atoms with E-state index in [-0.39, 0.29) is 12.0 Å². The Bertz CT molecular complexity index is 417. The van der Waals surface area contributed by atoms with Crippen LogP contribution in [0, 0.1) is 0 Å². The lowest BCUT2D eigenvalue weighted by atomic mass is 10.2. The Morgan fingerprint density at radius 1 is 1.29 bits per heavy atom.